The fourth-order valence-corrected chi connectivity index (χ4v) is 1.74. The van der Waals surface area contributed by atoms with Gasteiger partial charge in [0.05, 0.1) is 0 Å². The molecule has 4 heteroatoms. The predicted molar refractivity (Wildman–Crippen MR) is 80.3 cm³/mol. The highest BCUT2D eigenvalue weighted by Crippen LogP contribution is 2.18. The molecule has 3 N–H and O–H groups in total. The molecule has 0 saturated carbocycles. The molecule has 0 saturated heterocycles. The van der Waals surface area contributed by atoms with Gasteiger partial charge in [0, 0.05) is 12.2 Å². The Kier molecular flexibility index (Phi) is 6.10. The third kappa shape index (κ3) is 5.44. The minimum Gasteiger partial charge on any atom is -0.450 e. The molecule has 2 aromatic carbocycles. The smallest absolute Gasteiger partial charge is 0.450 e. The van der Waals surface area contributed by atoms with Crippen molar-refractivity contribution in [2.45, 2.75) is 20.4 Å². The highest BCUT2D eigenvalue weighted by atomic mass is 16.6. The minimum absolute atomic E-state index is 0.880. The van der Waals surface area contributed by atoms with E-state index in [1.54, 1.807) is 0 Å². The summed E-state index contributed by atoms with van der Waals surface area (Å²) in [5.74, 6) is 0. The lowest BCUT2D eigenvalue weighted by Gasteiger charge is -2.11. The van der Waals surface area contributed by atoms with Crippen LogP contribution in [0.5, 0.6) is 0 Å². The van der Waals surface area contributed by atoms with Crippen LogP contribution in [0.1, 0.15) is 16.7 Å². The molecule has 0 unspecified atom stereocenters. The number of hydrogen-bond acceptors (Lipinski definition) is 2. The van der Waals surface area contributed by atoms with Crippen molar-refractivity contribution >= 4 is 11.8 Å². The van der Waals surface area contributed by atoms with Crippen LogP contribution < -0.4 is 5.32 Å². The summed E-state index contributed by atoms with van der Waals surface area (Å²) in [5, 5.41) is 17.4. The molecule has 0 fully saturated rings. The molecule has 0 spiro atoms. The zero-order valence-electron chi connectivity index (χ0n) is 11.6. The zero-order valence-corrected chi connectivity index (χ0v) is 11.6. The van der Waals surface area contributed by atoms with Crippen LogP contribution in [-0.2, 0) is 6.54 Å². The molecular formula is C16H19NO3. The monoisotopic (exact) mass is 273 g/mol. The van der Waals surface area contributed by atoms with Crippen molar-refractivity contribution < 1.29 is 15.0 Å². The van der Waals surface area contributed by atoms with Crippen LogP contribution in [0.15, 0.2) is 48.5 Å². The van der Waals surface area contributed by atoms with Gasteiger partial charge >= 0.3 is 6.16 Å². The van der Waals surface area contributed by atoms with Crippen LogP contribution in [-0.4, -0.2) is 16.4 Å². The molecule has 0 atom stereocenters. The highest BCUT2D eigenvalue weighted by molar-refractivity contribution is 5.54. The minimum atomic E-state index is -1.83. The summed E-state index contributed by atoms with van der Waals surface area (Å²) >= 11 is 0. The molecule has 2 aromatic rings. The molecule has 0 radical (unpaired) electrons. The fourth-order valence-electron chi connectivity index (χ4n) is 1.74. The molecular weight excluding hydrogens is 254 g/mol. The summed E-state index contributed by atoms with van der Waals surface area (Å²) in [6.45, 7) is 5.18. The first-order chi connectivity index (χ1) is 9.50. The van der Waals surface area contributed by atoms with E-state index in [1.807, 2.05) is 6.07 Å². The Hall–Kier alpha value is -2.49. The maximum absolute atomic E-state index is 8.56. The van der Waals surface area contributed by atoms with Crippen LogP contribution in [0, 0.1) is 13.8 Å². The van der Waals surface area contributed by atoms with E-state index in [9.17, 15) is 0 Å². The van der Waals surface area contributed by atoms with Crippen molar-refractivity contribution in [3.05, 3.63) is 65.2 Å². The van der Waals surface area contributed by atoms with Gasteiger partial charge < -0.3 is 15.5 Å². The second kappa shape index (κ2) is 7.84. The van der Waals surface area contributed by atoms with Crippen LogP contribution in [0.3, 0.4) is 0 Å². The highest BCUT2D eigenvalue weighted by Gasteiger charge is 1.99. The molecule has 0 heterocycles. The number of aryl methyl sites for hydroxylation is 1. The number of carboxylic acid groups (broad SMARTS) is 2. The van der Waals surface area contributed by atoms with Gasteiger partial charge in [0.1, 0.15) is 0 Å². The first-order valence-electron chi connectivity index (χ1n) is 6.26. The second-order valence-corrected chi connectivity index (χ2v) is 4.37. The second-order valence-electron chi connectivity index (χ2n) is 4.37. The van der Waals surface area contributed by atoms with Gasteiger partial charge in [-0.05, 0) is 36.6 Å². The predicted octanol–water partition coefficient (Wildman–Crippen LogP) is 4.14. The first-order valence-corrected chi connectivity index (χ1v) is 6.26. The van der Waals surface area contributed by atoms with Gasteiger partial charge in [0.2, 0.25) is 0 Å². The molecule has 20 heavy (non-hydrogen) atoms. The molecule has 106 valence electrons. The van der Waals surface area contributed by atoms with Gasteiger partial charge in [-0.25, -0.2) is 4.79 Å². The molecule has 0 aliphatic rings. The number of rotatable bonds is 3. The van der Waals surface area contributed by atoms with E-state index in [-0.39, 0.29) is 0 Å². The van der Waals surface area contributed by atoms with Gasteiger partial charge in [0.15, 0.2) is 0 Å². The van der Waals surface area contributed by atoms with Gasteiger partial charge in [-0.2, -0.15) is 0 Å². The maximum atomic E-state index is 8.56. The summed E-state index contributed by atoms with van der Waals surface area (Å²) in [6, 6.07) is 16.8. The third-order valence-electron chi connectivity index (χ3n) is 2.93. The number of benzene rings is 2. The fraction of sp³-hybridized carbons (Fsp3) is 0.188. The molecule has 0 aliphatic carbocycles. The van der Waals surface area contributed by atoms with E-state index >= 15 is 0 Å². The van der Waals surface area contributed by atoms with Crippen molar-refractivity contribution in [3.63, 3.8) is 0 Å². The van der Waals surface area contributed by atoms with E-state index in [2.05, 4.69) is 61.6 Å². The van der Waals surface area contributed by atoms with Crippen molar-refractivity contribution in [2.75, 3.05) is 5.32 Å². The topological polar surface area (TPSA) is 69.6 Å². The van der Waals surface area contributed by atoms with Crippen molar-refractivity contribution in [3.8, 4) is 0 Å². The third-order valence-corrected chi connectivity index (χ3v) is 2.93. The van der Waals surface area contributed by atoms with Gasteiger partial charge in [-0.1, -0.05) is 42.5 Å². The van der Waals surface area contributed by atoms with Crippen molar-refractivity contribution in [1.29, 1.82) is 0 Å². The molecule has 0 aromatic heterocycles. The van der Waals surface area contributed by atoms with Crippen LogP contribution >= 0.6 is 0 Å². The van der Waals surface area contributed by atoms with Crippen LogP contribution in [0.2, 0.25) is 0 Å². The average molecular weight is 273 g/mol. The van der Waals surface area contributed by atoms with Crippen molar-refractivity contribution in [1.82, 2.24) is 0 Å². The summed E-state index contributed by atoms with van der Waals surface area (Å²) in [5.41, 5.74) is 5.20. The Morgan fingerprint density at radius 2 is 1.60 bits per heavy atom. The lowest BCUT2D eigenvalue weighted by Crippen LogP contribution is -2.01. The molecule has 0 aliphatic heterocycles. The van der Waals surface area contributed by atoms with E-state index in [0.29, 0.717) is 0 Å². The maximum Gasteiger partial charge on any atom is 0.503 e. The molecule has 0 amide bonds. The van der Waals surface area contributed by atoms with Gasteiger partial charge in [0.25, 0.3) is 0 Å². The number of carbonyl (C=O) groups is 1. The summed E-state index contributed by atoms with van der Waals surface area (Å²) in [7, 11) is 0. The Balaban J connectivity index is 0.000000444. The van der Waals surface area contributed by atoms with Gasteiger partial charge in [-0.3, -0.25) is 0 Å². The number of nitrogens with one attached hydrogen (secondary N) is 1. The lowest BCUT2D eigenvalue weighted by molar-refractivity contribution is 0.137. The van der Waals surface area contributed by atoms with E-state index in [4.69, 9.17) is 15.0 Å². The Bertz CT molecular complexity index is 549. The summed E-state index contributed by atoms with van der Waals surface area (Å²) < 4.78 is 0. The SMILES string of the molecule is Cc1cccc(NCc2ccccc2)c1C.O=C(O)O. The molecule has 0 bridgehead atoms. The number of hydrogen-bond donors (Lipinski definition) is 3. The van der Waals surface area contributed by atoms with Gasteiger partial charge in [-0.15, -0.1) is 0 Å². The first kappa shape index (κ1) is 15.6. The standard InChI is InChI=1S/C15H17N.CH2O3/c1-12-7-6-10-15(13(12)2)16-11-14-8-4-3-5-9-14;2-1(3)4/h3-10,16H,11H2,1-2H3;(H2,2,3,4). The quantitative estimate of drug-likeness (QED) is 0.786. The zero-order chi connectivity index (χ0) is 15.0. The average Bonchev–Trinajstić information content (AvgIpc) is 2.41. The number of anilines is 1. The van der Waals surface area contributed by atoms with E-state index < -0.39 is 6.16 Å². The summed E-state index contributed by atoms with van der Waals surface area (Å²) in [6.07, 6.45) is -1.83. The molecule has 2 rings (SSSR count). The van der Waals surface area contributed by atoms with E-state index in [0.717, 1.165) is 6.54 Å². The Morgan fingerprint density at radius 3 is 2.20 bits per heavy atom. The van der Waals surface area contributed by atoms with E-state index in [1.165, 1.54) is 22.4 Å². The normalized spacial score (nSPS) is 9.30. The van der Waals surface area contributed by atoms with Crippen LogP contribution in [0.25, 0.3) is 0 Å². The Morgan fingerprint density at radius 1 is 1.00 bits per heavy atom. The van der Waals surface area contributed by atoms with Crippen LogP contribution in [0.4, 0.5) is 10.5 Å². The molecule has 4 nitrogen and oxygen atoms in total. The summed E-state index contributed by atoms with van der Waals surface area (Å²) in [4.78, 5) is 8.56. The van der Waals surface area contributed by atoms with Crippen molar-refractivity contribution in [2.24, 2.45) is 0 Å². The Labute approximate surface area is 118 Å². The largest absolute Gasteiger partial charge is 0.503 e. The lowest BCUT2D eigenvalue weighted by atomic mass is 10.1.